The third kappa shape index (κ3) is 2.26. The number of nitrogens with zero attached hydrogens (tertiary/aromatic N) is 3. The number of hydrogen-bond donors (Lipinski definition) is 0. The van der Waals surface area contributed by atoms with E-state index in [4.69, 9.17) is 0 Å². The molecule has 4 nitrogen and oxygen atoms in total. The van der Waals surface area contributed by atoms with Crippen LogP contribution in [-0.4, -0.2) is 9.38 Å². The molecule has 0 aliphatic heterocycles. The number of benzene rings is 2. The average molecular weight is 319 g/mol. The van der Waals surface area contributed by atoms with Crippen LogP contribution in [0.1, 0.15) is 5.69 Å². The van der Waals surface area contributed by atoms with E-state index in [0.717, 1.165) is 27.3 Å². The van der Waals surface area contributed by atoms with Gasteiger partial charge < -0.3 is 0 Å². The lowest BCUT2D eigenvalue weighted by molar-refractivity contribution is 1.11. The van der Waals surface area contributed by atoms with Gasteiger partial charge in [-0.2, -0.15) is 0 Å². The molecule has 0 unspecified atom stereocenters. The van der Waals surface area contributed by atoms with Crippen LogP contribution in [0.25, 0.3) is 27.3 Å². The van der Waals surface area contributed by atoms with Gasteiger partial charge in [0.1, 0.15) is 5.69 Å². The summed E-state index contributed by atoms with van der Waals surface area (Å²) in [5.74, 6) is 0.367. The monoisotopic (exact) mass is 319 g/mol. The standard InChI is InChI=1S/C18H13N3OS/c1-12-11-23-18-19-16(17(20-22)21(12)18)15-9-7-14(8-10-15)13-5-3-2-4-6-13/h2-11H,1H3. The van der Waals surface area contributed by atoms with Gasteiger partial charge in [0.15, 0.2) is 4.96 Å². The van der Waals surface area contributed by atoms with Crippen LogP contribution in [0.5, 0.6) is 0 Å². The Labute approximate surface area is 137 Å². The van der Waals surface area contributed by atoms with Crippen molar-refractivity contribution in [3.63, 3.8) is 0 Å². The molecule has 4 aromatic rings. The number of aryl methyl sites for hydroxylation is 1. The fourth-order valence-corrected chi connectivity index (χ4v) is 3.57. The van der Waals surface area contributed by atoms with Gasteiger partial charge in [0, 0.05) is 16.6 Å². The summed E-state index contributed by atoms with van der Waals surface area (Å²) in [4.78, 5) is 16.7. The molecule has 0 atom stereocenters. The molecule has 2 aromatic carbocycles. The van der Waals surface area contributed by atoms with Crippen molar-refractivity contribution in [2.24, 2.45) is 5.18 Å². The first-order valence-corrected chi connectivity index (χ1v) is 8.11. The smallest absolute Gasteiger partial charge is 0.210 e. The molecule has 2 aromatic heterocycles. The van der Waals surface area contributed by atoms with Crippen LogP contribution >= 0.6 is 11.3 Å². The Kier molecular flexibility index (Phi) is 3.28. The highest BCUT2D eigenvalue weighted by Gasteiger charge is 2.17. The van der Waals surface area contributed by atoms with Gasteiger partial charge in [-0.1, -0.05) is 54.6 Å². The van der Waals surface area contributed by atoms with E-state index < -0.39 is 0 Å². The van der Waals surface area contributed by atoms with Gasteiger partial charge in [-0.3, -0.25) is 4.40 Å². The maximum atomic E-state index is 11.3. The van der Waals surface area contributed by atoms with Crippen LogP contribution in [-0.2, 0) is 0 Å². The second-order valence-electron chi connectivity index (χ2n) is 5.31. The molecule has 0 saturated carbocycles. The lowest BCUT2D eigenvalue weighted by Gasteiger charge is -2.03. The molecule has 2 heterocycles. The van der Waals surface area contributed by atoms with Gasteiger partial charge >= 0.3 is 0 Å². The number of fused-ring (bicyclic) bond motifs is 1. The number of imidazole rings is 1. The molecule has 112 valence electrons. The molecule has 0 bridgehead atoms. The molecule has 0 saturated heterocycles. The number of rotatable bonds is 3. The Morgan fingerprint density at radius 3 is 2.30 bits per heavy atom. The van der Waals surface area contributed by atoms with Crippen molar-refractivity contribution in [2.75, 3.05) is 0 Å². The van der Waals surface area contributed by atoms with Gasteiger partial charge in [-0.15, -0.1) is 16.2 Å². The third-order valence-electron chi connectivity index (χ3n) is 3.86. The Morgan fingerprint density at radius 2 is 1.61 bits per heavy atom. The fraction of sp³-hybridized carbons (Fsp3) is 0.0556. The zero-order valence-electron chi connectivity index (χ0n) is 12.4. The molecular formula is C18H13N3OS. The summed E-state index contributed by atoms with van der Waals surface area (Å²) >= 11 is 1.51. The van der Waals surface area contributed by atoms with Crippen LogP contribution in [0.3, 0.4) is 0 Å². The van der Waals surface area contributed by atoms with Crippen molar-refractivity contribution >= 4 is 22.1 Å². The first-order valence-electron chi connectivity index (χ1n) is 7.23. The van der Waals surface area contributed by atoms with Crippen molar-refractivity contribution in [1.82, 2.24) is 9.38 Å². The largest absolute Gasteiger partial charge is 0.269 e. The molecule has 0 aliphatic carbocycles. The zero-order valence-corrected chi connectivity index (χ0v) is 13.2. The molecule has 4 rings (SSSR count). The van der Waals surface area contributed by atoms with Gasteiger partial charge in [-0.05, 0) is 23.2 Å². The highest BCUT2D eigenvalue weighted by atomic mass is 32.1. The van der Waals surface area contributed by atoms with Crippen LogP contribution < -0.4 is 0 Å². The Bertz CT molecular complexity index is 984. The minimum absolute atomic E-state index is 0.367. The molecule has 23 heavy (non-hydrogen) atoms. The van der Waals surface area contributed by atoms with E-state index in [0.29, 0.717) is 11.5 Å². The van der Waals surface area contributed by atoms with Crippen molar-refractivity contribution in [2.45, 2.75) is 6.92 Å². The normalized spacial score (nSPS) is 11.0. The molecule has 0 fully saturated rings. The van der Waals surface area contributed by atoms with Gasteiger partial charge in [0.05, 0.1) is 0 Å². The predicted molar refractivity (Wildman–Crippen MR) is 94.1 cm³/mol. The Hall–Kier alpha value is -2.79. The van der Waals surface area contributed by atoms with Crippen molar-refractivity contribution < 1.29 is 0 Å². The number of hydrogen-bond acceptors (Lipinski definition) is 4. The molecule has 5 heteroatoms. The molecule has 0 aliphatic rings. The van der Waals surface area contributed by atoms with E-state index in [2.05, 4.69) is 22.3 Å². The Morgan fingerprint density at radius 1 is 0.957 bits per heavy atom. The fourth-order valence-electron chi connectivity index (χ4n) is 2.71. The second kappa shape index (κ2) is 5.44. The van der Waals surface area contributed by atoms with Crippen LogP contribution in [0.4, 0.5) is 5.82 Å². The van der Waals surface area contributed by atoms with Crippen LogP contribution in [0.15, 0.2) is 65.2 Å². The maximum Gasteiger partial charge on any atom is 0.210 e. The predicted octanol–water partition coefficient (Wildman–Crippen LogP) is 5.44. The van der Waals surface area contributed by atoms with E-state index in [-0.39, 0.29) is 0 Å². The zero-order chi connectivity index (χ0) is 15.8. The summed E-state index contributed by atoms with van der Waals surface area (Å²) in [6, 6.07) is 18.2. The summed E-state index contributed by atoms with van der Waals surface area (Å²) < 4.78 is 1.80. The quantitative estimate of drug-likeness (QED) is 0.472. The topological polar surface area (TPSA) is 46.7 Å². The van der Waals surface area contributed by atoms with Gasteiger partial charge in [-0.25, -0.2) is 4.98 Å². The van der Waals surface area contributed by atoms with E-state index in [1.807, 2.05) is 54.8 Å². The number of aromatic nitrogens is 2. The molecule has 0 spiro atoms. The van der Waals surface area contributed by atoms with Crippen LogP contribution in [0, 0.1) is 11.8 Å². The van der Waals surface area contributed by atoms with E-state index in [9.17, 15) is 4.91 Å². The molecule has 0 N–H and O–H groups in total. The van der Waals surface area contributed by atoms with E-state index in [1.54, 1.807) is 4.40 Å². The second-order valence-corrected chi connectivity index (χ2v) is 6.15. The van der Waals surface area contributed by atoms with Crippen molar-refractivity contribution in [3.8, 4) is 22.4 Å². The minimum Gasteiger partial charge on any atom is -0.269 e. The first-order chi connectivity index (χ1) is 11.3. The minimum atomic E-state index is 0.367. The molecule has 0 amide bonds. The van der Waals surface area contributed by atoms with Gasteiger partial charge in [0.25, 0.3) is 0 Å². The SMILES string of the molecule is Cc1csc2nc(-c3ccc(-c4ccccc4)cc3)c(N=O)n12. The summed E-state index contributed by atoms with van der Waals surface area (Å²) in [6.45, 7) is 1.95. The highest BCUT2D eigenvalue weighted by molar-refractivity contribution is 7.15. The van der Waals surface area contributed by atoms with E-state index >= 15 is 0 Å². The lowest BCUT2D eigenvalue weighted by atomic mass is 10.0. The van der Waals surface area contributed by atoms with Crippen molar-refractivity contribution in [1.29, 1.82) is 0 Å². The Balaban J connectivity index is 1.81. The van der Waals surface area contributed by atoms with Crippen LogP contribution in [0.2, 0.25) is 0 Å². The highest BCUT2D eigenvalue weighted by Crippen LogP contribution is 2.34. The summed E-state index contributed by atoms with van der Waals surface area (Å²) in [6.07, 6.45) is 0. The summed E-state index contributed by atoms with van der Waals surface area (Å²) in [7, 11) is 0. The molecular weight excluding hydrogens is 306 g/mol. The summed E-state index contributed by atoms with van der Waals surface area (Å²) in [5.41, 5.74) is 4.80. The third-order valence-corrected chi connectivity index (χ3v) is 4.81. The number of nitroso groups, excluding NO2 is 1. The maximum absolute atomic E-state index is 11.3. The van der Waals surface area contributed by atoms with Crippen molar-refractivity contribution in [3.05, 3.63) is 70.6 Å². The summed E-state index contributed by atoms with van der Waals surface area (Å²) in [5, 5.41) is 5.18. The lowest BCUT2D eigenvalue weighted by Crippen LogP contribution is -1.83. The van der Waals surface area contributed by atoms with Gasteiger partial charge in [0.2, 0.25) is 5.82 Å². The average Bonchev–Trinajstić information content (AvgIpc) is 3.15. The number of thiazole rings is 1. The molecule has 0 radical (unpaired) electrons. The first kappa shape index (κ1) is 13.8. The van der Waals surface area contributed by atoms with E-state index in [1.165, 1.54) is 11.3 Å².